The first-order valence-corrected chi connectivity index (χ1v) is 4.23. The number of rotatable bonds is 5. The predicted molar refractivity (Wildman–Crippen MR) is 45.5 cm³/mol. The standard InChI is InChI=1S/C8H18N2O/c1-7-8(11-7)9-5-4-6-10(2)3/h7-9H,4-6H2,1-3H3. The van der Waals surface area contributed by atoms with Crippen LogP contribution in [0.5, 0.6) is 0 Å². The average molecular weight is 158 g/mol. The van der Waals surface area contributed by atoms with Crippen LogP contribution < -0.4 is 5.32 Å². The Morgan fingerprint density at radius 1 is 1.45 bits per heavy atom. The van der Waals surface area contributed by atoms with Gasteiger partial charge < -0.3 is 9.64 Å². The molecule has 0 saturated carbocycles. The second kappa shape index (κ2) is 4.04. The Bertz CT molecular complexity index is 117. The van der Waals surface area contributed by atoms with Gasteiger partial charge in [-0.1, -0.05) is 0 Å². The molecule has 0 bridgehead atoms. The highest BCUT2D eigenvalue weighted by Crippen LogP contribution is 2.16. The molecule has 0 amide bonds. The molecular weight excluding hydrogens is 140 g/mol. The number of hydrogen-bond donors (Lipinski definition) is 1. The molecule has 0 aliphatic carbocycles. The van der Waals surface area contributed by atoms with Gasteiger partial charge >= 0.3 is 0 Å². The summed E-state index contributed by atoms with van der Waals surface area (Å²) < 4.78 is 5.20. The van der Waals surface area contributed by atoms with Crippen molar-refractivity contribution in [2.45, 2.75) is 25.7 Å². The average Bonchev–Trinajstić information content (AvgIpc) is 2.59. The van der Waals surface area contributed by atoms with Crippen LogP contribution in [0.2, 0.25) is 0 Å². The minimum Gasteiger partial charge on any atom is -0.354 e. The lowest BCUT2D eigenvalue weighted by atomic mass is 10.4. The van der Waals surface area contributed by atoms with E-state index in [0.717, 1.165) is 13.1 Å². The first-order valence-electron chi connectivity index (χ1n) is 4.23. The number of hydrogen-bond acceptors (Lipinski definition) is 3. The van der Waals surface area contributed by atoms with E-state index in [1.54, 1.807) is 0 Å². The Labute approximate surface area is 68.7 Å². The monoisotopic (exact) mass is 158 g/mol. The summed E-state index contributed by atoms with van der Waals surface area (Å²) >= 11 is 0. The molecule has 2 unspecified atom stereocenters. The molecule has 0 radical (unpaired) electrons. The fraction of sp³-hybridized carbons (Fsp3) is 1.00. The normalized spacial score (nSPS) is 29.5. The maximum atomic E-state index is 5.20. The zero-order chi connectivity index (χ0) is 8.27. The van der Waals surface area contributed by atoms with E-state index in [-0.39, 0.29) is 0 Å². The lowest BCUT2D eigenvalue weighted by molar-refractivity contribution is 0.339. The molecule has 1 fully saturated rings. The predicted octanol–water partition coefficient (Wildman–Crippen LogP) is 0.273. The van der Waals surface area contributed by atoms with E-state index in [2.05, 4.69) is 31.2 Å². The van der Waals surface area contributed by atoms with Gasteiger partial charge in [0, 0.05) is 0 Å². The van der Waals surface area contributed by atoms with Gasteiger partial charge in [-0.15, -0.1) is 0 Å². The zero-order valence-electron chi connectivity index (χ0n) is 7.63. The molecule has 0 aromatic heterocycles. The Hall–Kier alpha value is -0.120. The molecule has 3 heteroatoms. The lowest BCUT2D eigenvalue weighted by Gasteiger charge is -2.08. The van der Waals surface area contributed by atoms with Crippen molar-refractivity contribution in [3.8, 4) is 0 Å². The summed E-state index contributed by atoms with van der Waals surface area (Å²) in [6, 6.07) is 0. The SMILES string of the molecule is CC1OC1NCCCN(C)C. The van der Waals surface area contributed by atoms with Crippen molar-refractivity contribution in [3.05, 3.63) is 0 Å². The van der Waals surface area contributed by atoms with Crippen LogP contribution in [0.3, 0.4) is 0 Å². The summed E-state index contributed by atoms with van der Waals surface area (Å²) in [5.41, 5.74) is 0. The lowest BCUT2D eigenvalue weighted by Crippen LogP contribution is -2.24. The maximum absolute atomic E-state index is 5.20. The maximum Gasteiger partial charge on any atom is 0.134 e. The van der Waals surface area contributed by atoms with Crippen molar-refractivity contribution in [1.82, 2.24) is 10.2 Å². The van der Waals surface area contributed by atoms with E-state index in [0.29, 0.717) is 12.3 Å². The number of nitrogens with zero attached hydrogens (tertiary/aromatic N) is 1. The minimum atomic E-state index is 0.345. The van der Waals surface area contributed by atoms with Crippen molar-refractivity contribution in [2.75, 3.05) is 27.2 Å². The third-order valence-electron chi connectivity index (χ3n) is 1.84. The van der Waals surface area contributed by atoms with Gasteiger partial charge in [-0.05, 0) is 40.5 Å². The van der Waals surface area contributed by atoms with Gasteiger partial charge in [0.2, 0.25) is 0 Å². The van der Waals surface area contributed by atoms with Crippen LogP contribution in [0.4, 0.5) is 0 Å². The molecule has 11 heavy (non-hydrogen) atoms. The first kappa shape index (κ1) is 8.97. The van der Waals surface area contributed by atoms with E-state index in [1.165, 1.54) is 6.42 Å². The molecule has 1 heterocycles. The molecule has 1 N–H and O–H groups in total. The summed E-state index contributed by atoms with van der Waals surface area (Å²) in [6.45, 7) is 4.30. The molecule has 3 nitrogen and oxygen atoms in total. The second-order valence-corrected chi connectivity index (χ2v) is 3.37. The van der Waals surface area contributed by atoms with Gasteiger partial charge in [0.1, 0.15) is 6.23 Å². The minimum absolute atomic E-state index is 0.345. The molecule has 0 aromatic rings. The fourth-order valence-electron chi connectivity index (χ4n) is 1.04. The van der Waals surface area contributed by atoms with Gasteiger partial charge in [-0.3, -0.25) is 5.32 Å². The van der Waals surface area contributed by atoms with Gasteiger partial charge in [-0.2, -0.15) is 0 Å². The quantitative estimate of drug-likeness (QED) is 0.460. The van der Waals surface area contributed by atoms with Gasteiger partial charge in [-0.25, -0.2) is 0 Å². The van der Waals surface area contributed by atoms with Crippen LogP contribution in [0.15, 0.2) is 0 Å². The summed E-state index contributed by atoms with van der Waals surface area (Å²) in [5, 5.41) is 3.31. The smallest absolute Gasteiger partial charge is 0.134 e. The highest BCUT2D eigenvalue weighted by molar-refractivity contribution is 4.77. The fourth-order valence-corrected chi connectivity index (χ4v) is 1.04. The largest absolute Gasteiger partial charge is 0.354 e. The molecule has 1 aliphatic rings. The molecule has 1 aliphatic heterocycles. The second-order valence-electron chi connectivity index (χ2n) is 3.37. The molecule has 0 spiro atoms. The van der Waals surface area contributed by atoms with Crippen LogP contribution in [0, 0.1) is 0 Å². The number of epoxide rings is 1. The van der Waals surface area contributed by atoms with Crippen molar-refractivity contribution in [3.63, 3.8) is 0 Å². The van der Waals surface area contributed by atoms with E-state index in [4.69, 9.17) is 4.74 Å². The van der Waals surface area contributed by atoms with Crippen molar-refractivity contribution < 1.29 is 4.74 Å². The van der Waals surface area contributed by atoms with E-state index >= 15 is 0 Å². The summed E-state index contributed by atoms with van der Waals surface area (Å²) in [7, 11) is 4.19. The third kappa shape index (κ3) is 3.70. The van der Waals surface area contributed by atoms with Gasteiger partial charge in [0.15, 0.2) is 0 Å². The molecule has 2 atom stereocenters. The Balaban J connectivity index is 1.81. The van der Waals surface area contributed by atoms with E-state index in [9.17, 15) is 0 Å². The van der Waals surface area contributed by atoms with Crippen LogP contribution >= 0.6 is 0 Å². The van der Waals surface area contributed by atoms with Gasteiger partial charge in [0.25, 0.3) is 0 Å². The third-order valence-corrected chi connectivity index (χ3v) is 1.84. The summed E-state index contributed by atoms with van der Waals surface area (Å²) in [6.07, 6.45) is 1.98. The van der Waals surface area contributed by atoms with Crippen molar-refractivity contribution >= 4 is 0 Å². The van der Waals surface area contributed by atoms with Crippen molar-refractivity contribution in [2.24, 2.45) is 0 Å². The van der Waals surface area contributed by atoms with Crippen molar-refractivity contribution in [1.29, 1.82) is 0 Å². The highest BCUT2D eigenvalue weighted by Gasteiger charge is 2.32. The molecule has 1 rings (SSSR count). The topological polar surface area (TPSA) is 27.8 Å². The van der Waals surface area contributed by atoms with Crippen LogP contribution in [0.25, 0.3) is 0 Å². The van der Waals surface area contributed by atoms with E-state index in [1.807, 2.05) is 0 Å². The molecular formula is C8H18N2O. The summed E-state index contributed by atoms with van der Waals surface area (Å²) in [5.74, 6) is 0. The number of nitrogens with one attached hydrogen (secondary N) is 1. The Morgan fingerprint density at radius 3 is 2.55 bits per heavy atom. The van der Waals surface area contributed by atoms with Crippen LogP contribution in [0.1, 0.15) is 13.3 Å². The Kier molecular flexibility index (Phi) is 3.30. The first-order chi connectivity index (χ1) is 5.20. The Morgan fingerprint density at radius 2 is 2.09 bits per heavy atom. The molecule has 1 saturated heterocycles. The van der Waals surface area contributed by atoms with Crippen LogP contribution in [-0.2, 0) is 4.74 Å². The summed E-state index contributed by atoms with van der Waals surface area (Å²) in [4.78, 5) is 2.19. The van der Waals surface area contributed by atoms with E-state index < -0.39 is 0 Å². The highest BCUT2D eigenvalue weighted by atomic mass is 16.6. The van der Waals surface area contributed by atoms with Gasteiger partial charge in [0.05, 0.1) is 6.10 Å². The van der Waals surface area contributed by atoms with Crippen LogP contribution in [-0.4, -0.2) is 44.4 Å². The zero-order valence-corrected chi connectivity index (χ0v) is 7.63. The molecule has 66 valence electrons. The molecule has 0 aromatic carbocycles. The number of ether oxygens (including phenoxy) is 1.